The van der Waals surface area contributed by atoms with Crippen LogP contribution in [0, 0.1) is 23.7 Å². The SMILES string of the molecule is CCCCC1CCC(CCCOc2ccc(OCC3CCC(CC)CC3)cc2)CC1. The van der Waals surface area contributed by atoms with Crippen LogP contribution in [0.5, 0.6) is 11.5 Å². The van der Waals surface area contributed by atoms with Crippen molar-refractivity contribution in [1.82, 2.24) is 0 Å². The maximum atomic E-state index is 6.05. The molecule has 30 heavy (non-hydrogen) atoms. The van der Waals surface area contributed by atoms with E-state index in [4.69, 9.17) is 9.47 Å². The summed E-state index contributed by atoms with van der Waals surface area (Å²) >= 11 is 0. The molecule has 170 valence electrons. The molecule has 0 spiro atoms. The first-order valence-electron chi connectivity index (χ1n) is 13.1. The molecule has 0 heterocycles. The molecule has 2 nitrogen and oxygen atoms in total. The second-order valence-electron chi connectivity index (χ2n) is 10.1. The van der Waals surface area contributed by atoms with Crippen LogP contribution in [-0.4, -0.2) is 13.2 Å². The molecule has 0 amide bonds. The van der Waals surface area contributed by atoms with E-state index >= 15 is 0 Å². The number of ether oxygens (including phenoxy) is 2. The van der Waals surface area contributed by atoms with Crippen molar-refractivity contribution in [1.29, 1.82) is 0 Å². The normalized spacial score (nSPS) is 27.0. The molecule has 2 fully saturated rings. The molecule has 2 heteroatoms. The highest BCUT2D eigenvalue weighted by Gasteiger charge is 2.21. The Morgan fingerprint density at radius 1 is 0.633 bits per heavy atom. The van der Waals surface area contributed by atoms with Gasteiger partial charge in [-0.25, -0.2) is 0 Å². The summed E-state index contributed by atoms with van der Waals surface area (Å²) in [7, 11) is 0. The lowest BCUT2D eigenvalue weighted by atomic mass is 9.78. The third kappa shape index (κ3) is 8.16. The minimum atomic E-state index is 0.741. The van der Waals surface area contributed by atoms with Crippen LogP contribution >= 0.6 is 0 Å². The predicted molar refractivity (Wildman–Crippen MR) is 127 cm³/mol. The Morgan fingerprint density at radius 2 is 1.13 bits per heavy atom. The summed E-state index contributed by atoms with van der Waals surface area (Å²) < 4.78 is 12.0. The van der Waals surface area contributed by atoms with Crippen LogP contribution in [0.15, 0.2) is 24.3 Å². The number of unbranched alkanes of at least 4 members (excludes halogenated alkanes) is 1. The summed E-state index contributed by atoms with van der Waals surface area (Å²) in [5, 5.41) is 0. The number of hydrogen-bond donors (Lipinski definition) is 0. The molecule has 2 aliphatic carbocycles. The Kier molecular flexibility index (Phi) is 10.4. The Bertz CT molecular complexity index is 551. The third-order valence-electron chi connectivity index (χ3n) is 7.81. The molecule has 1 aromatic rings. The zero-order chi connectivity index (χ0) is 21.0. The zero-order valence-corrected chi connectivity index (χ0v) is 19.7. The Balaban J connectivity index is 1.25. The Morgan fingerprint density at radius 3 is 1.70 bits per heavy atom. The topological polar surface area (TPSA) is 18.5 Å². The molecule has 0 radical (unpaired) electrons. The third-order valence-corrected chi connectivity index (χ3v) is 7.81. The first-order valence-corrected chi connectivity index (χ1v) is 13.1. The van der Waals surface area contributed by atoms with Crippen molar-refractivity contribution < 1.29 is 9.47 Å². The van der Waals surface area contributed by atoms with Crippen LogP contribution in [0.3, 0.4) is 0 Å². The first kappa shape index (κ1) is 23.5. The standard InChI is InChI=1S/C28H46O2/c1-3-5-7-24-11-13-25(14-12-24)8-6-21-29-27-17-19-28(20-18-27)30-22-26-15-9-23(4-2)10-16-26/h17-20,23-26H,3-16,21-22H2,1-2H3. The first-order chi connectivity index (χ1) is 14.8. The second kappa shape index (κ2) is 13.3. The van der Waals surface area contributed by atoms with E-state index in [0.717, 1.165) is 48.4 Å². The molecule has 2 aliphatic rings. The van der Waals surface area contributed by atoms with Gasteiger partial charge >= 0.3 is 0 Å². The van der Waals surface area contributed by atoms with Crippen molar-refractivity contribution in [3.63, 3.8) is 0 Å². The average molecular weight is 415 g/mol. The van der Waals surface area contributed by atoms with Gasteiger partial charge < -0.3 is 9.47 Å². The Labute approximate surface area is 186 Å². The van der Waals surface area contributed by atoms with Gasteiger partial charge in [-0.1, -0.05) is 78.1 Å². The van der Waals surface area contributed by atoms with Crippen LogP contribution in [0.1, 0.15) is 104 Å². The van der Waals surface area contributed by atoms with E-state index in [1.807, 2.05) is 0 Å². The highest BCUT2D eigenvalue weighted by Crippen LogP contribution is 2.34. The summed E-state index contributed by atoms with van der Waals surface area (Å²) in [6.07, 6.45) is 19.4. The van der Waals surface area contributed by atoms with Crippen molar-refractivity contribution in [2.75, 3.05) is 13.2 Å². The lowest BCUT2D eigenvalue weighted by Gasteiger charge is -2.28. The molecule has 1 aromatic carbocycles. The average Bonchev–Trinajstić information content (AvgIpc) is 2.81. The van der Waals surface area contributed by atoms with Gasteiger partial charge in [0.1, 0.15) is 11.5 Å². The second-order valence-corrected chi connectivity index (χ2v) is 10.1. The minimum absolute atomic E-state index is 0.741. The van der Waals surface area contributed by atoms with Crippen molar-refractivity contribution in [2.45, 2.75) is 104 Å². The molecule has 0 aromatic heterocycles. The van der Waals surface area contributed by atoms with Crippen LogP contribution in [0.4, 0.5) is 0 Å². The van der Waals surface area contributed by atoms with E-state index in [1.165, 1.54) is 89.9 Å². The highest BCUT2D eigenvalue weighted by atomic mass is 16.5. The van der Waals surface area contributed by atoms with E-state index in [2.05, 4.69) is 38.1 Å². The number of benzene rings is 1. The van der Waals surface area contributed by atoms with Crippen molar-refractivity contribution in [2.24, 2.45) is 23.7 Å². The maximum Gasteiger partial charge on any atom is 0.119 e. The van der Waals surface area contributed by atoms with E-state index in [0.29, 0.717) is 0 Å². The Hall–Kier alpha value is -1.18. The number of hydrogen-bond acceptors (Lipinski definition) is 2. The van der Waals surface area contributed by atoms with Crippen molar-refractivity contribution >= 4 is 0 Å². The van der Waals surface area contributed by atoms with Gasteiger partial charge in [-0.05, 0) is 73.6 Å². The van der Waals surface area contributed by atoms with Gasteiger partial charge in [-0.3, -0.25) is 0 Å². The molecule has 2 saturated carbocycles. The molecule has 3 rings (SSSR count). The van der Waals surface area contributed by atoms with Crippen LogP contribution in [0.25, 0.3) is 0 Å². The van der Waals surface area contributed by atoms with Gasteiger partial charge in [0.25, 0.3) is 0 Å². The molecular formula is C28H46O2. The lowest BCUT2D eigenvalue weighted by molar-refractivity contribution is 0.181. The molecule has 0 atom stereocenters. The predicted octanol–water partition coefficient (Wildman–Crippen LogP) is 8.44. The molecular weight excluding hydrogens is 368 g/mol. The summed E-state index contributed by atoms with van der Waals surface area (Å²) in [5.41, 5.74) is 0. The largest absolute Gasteiger partial charge is 0.494 e. The summed E-state index contributed by atoms with van der Waals surface area (Å²) in [6, 6.07) is 8.29. The van der Waals surface area contributed by atoms with Gasteiger partial charge in [0.2, 0.25) is 0 Å². The zero-order valence-electron chi connectivity index (χ0n) is 19.7. The lowest BCUT2D eigenvalue weighted by Crippen LogP contribution is -2.19. The monoisotopic (exact) mass is 414 g/mol. The van der Waals surface area contributed by atoms with E-state index in [-0.39, 0.29) is 0 Å². The fraction of sp³-hybridized carbons (Fsp3) is 0.786. The molecule has 0 N–H and O–H groups in total. The smallest absolute Gasteiger partial charge is 0.119 e. The molecule has 0 bridgehead atoms. The fourth-order valence-corrected chi connectivity index (χ4v) is 5.52. The van der Waals surface area contributed by atoms with Crippen LogP contribution < -0.4 is 9.47 Å². The van der Waals surface area contributed by atoms with Gasteiger partial charge in [0, 0.05) is 0 Å². The van der Waals surface area contributed by atoms with Gasteiger partial charge in [0.15, 0.2) is 0 Å². The van der Waals surface area contributed by atoms with E-state index < -0.39 is 0 Å². The quantitative estimate of drug-likeness (QED) is 0.319. The molecule has 0 saturated heterocycles. The van der Waals surface area contributed by atoms with E-state index in [9.17, 15) is 0 Å². The van der Waals surface area contributed by atoms with Gasteiger partial charge in [-0.15, -0.1) is 0 Å². The van der Waals surface area contributed by atoms with Crippen LogP contribution in [0.2, 0.25) is 0 Å². The van der Waals surface area contributed by atoms with Crippen LogP contribution in [-0.2, 0) is 0 Å². The minimum Gasteiger partial charge on any atom is -0.494 e. The van der Waals surface area contributed by atoms with Crippen molar-refractivity contribution in [3.8, 4) is 11.5 Å². The summed E-state index contributed by atoms with van der Waals surface area (Å²) in [4.78, 5) is 0. The van der Waals surface area contributed by atoms with E-state index in [1.54, 1.807) is 0 Å². The maximum absolute atomic E-state index is 6.05. The summed E-state index contributed by atoms with van der Waals surface area (Å²) in [5.74, 6) is 5.62. The highest BCUT2D eigenvalue weighted by molar-refractivity contribution is 5.31. The molecule has 0 aliphatic heterocycles. The van der Waals surface area contributed by atoms with Gasteiger partial charge in [-0.2, -0.15) is 0 Å². The van der Waals surface area contributed by atoms with Crippen molar-refractivity contribution in [3.05, 3.63) is 24.3 Å². The number of rotatable bonds is 12. The summed E-state index contributed by atoms with van der Waals surface area (Å²) in [6.45, 7) is 6.35. The van der Waals surface area contributed by atoms with Gasteiger partial charge in [0.05, 0.1) is 13.2 Å². The fourth-order valence-electron chi connectivity index (χ4n) is 5.52. The molecule has 0 unspecified atom stereocenters.